The lowest BCUT2D eigenvalue weighted by Gasteiger charge is -2.11. The lowest BCUT2D eigenvalue weighted by Crippen LogP contribution is -2.37. The summed E-state index contributed by atoms with van der Waals surface area (Å²) in [6, 6.07) is 11.5. The second-order valence-corrected chi connectivity index (χ2v) is 8.55. The highest BCUT2D eigenvalue weighted by atomic mass is 32.1. The van der Waals surface area contributed by atoms with Crippen molar-refractivity contribution in [3.05, 3.63) is 68.2 Å². The van der Waals surface area contributed by atoms with Gasteiger partial charge in [0, 0.05) is 6.04 Å². The minimum atomic E-state index is -0.420. The van der Waals surface area contributed by atoms with E-state index in [-0.39, 0.29) is 29.8 Å². The Morgan fingerprint density at radius 2 is 1.90 bits per heavy atom. The minimum absolute atomic E-state index is 0.165. The summed E-state index contributed by atoms with van der Waals surface area (Å²) in [5.74, 6) is 0.0133. The zero-order chi connectivity index (χ0) is 20.7. The normalized spacial score (nSPS) is 14.7. The number of aromatic nitrogens is 4. The maximum atomic E-state index is 13.1. The highest BCUT2D eigenvalue weighted by molar-refractivity contribution is 7.17. The first-order valence-corrected chi connectivity index (χ1v) is 10.9. The Morgan fingerprint density at radius 3 is 2.67 bits per heavy atom. The number of amides is 1. The third-order valence-electron chi connectivity index (χ3n) is 5.59. The molecule has 1 saturated carbocycles. The van der Waals surface area contributed by atoms with E-state index in [4.69, 9.17) is 0 Å². The lowest BCUT2D eigenvalue weighted by molar-refractivity contribution is -0.122. The van der Waals surface area contributed by atoms with E-state index in [1.165, 1.54) is 20.3 Å². The van der Waals surface area contributed by atoms with Crippen molar-refractivity contribution in [2.75, 3.05) is 0 Å². The summed E-state index contributed by atoms with van der Waals surface area (Å²) in [6.45, 7) is 0.129. The molecule has 8 nitrogen and oxygen atoms in total. The summed E-state index contributed by atoms with van der Waals surface area (Å²) in [5.41, 5.74) is 0.843. The van der Waals surface area contributed by atoms with Crippen LogP contribution in [0.3, 0.4) is 0 Å². The van der Waals surface area contributed by atoms with Crippen molar-refractivity contribution in [3.63, 3.8) is 0 Å². The van der Waals surface area contributed by atoms with Gasteiger partial charge >= 0.3 is 5.69 Å². The molecular weight excluding hydrogens is 402 g/mol. The fourth-order valence-electron chi connectivity index (χ4n) is 4.12. The number of carbonyl (C=O) groups excluding carboxylic acids is 1. The van der Waals surface area contributed by atoms with E-state index in [0.29, 0.717) is 16.8 Å². The number of fused-ring (bicyclic) bond motifs is 3. The number of benzene rings is 1. The average Bonchev–Trinajstić information content (AvgIpc) is 3.48. The van der Waals surface area contributed by atoms with Gasteiger partial charge in [-0.25, -0.2) is 13.9 Å². The molecule has 4 aromatic rings. The van der Waals surface area contributed by atoms with Crippen LogP contribution in [-0.2, 0) is 17.9 Å². The number of nitrogens with zero attached hydrogens (tertiary/aromatic N) is 4. The molecule has 0 bridgehead atoms. The van der Waals surface area contributed by atoms with Crippen molar-refractivity contribution < 1.29 is 4.79 Å². The van der Waals surface area contributed by atoms with Crippen LogP contribution < -0.4 is 16.6 Å². The molecule has 0 unspecified atom stereocenters. The van der Waals surface area contributed by atoms with Gasteiger partial charge in [-0.1, -0.05) is 43.2 Å². The zero-order valence-corrected chi connectivity index (χ0v) is 17.1. The van der Waals surface area contributed by atoms with Crippen molar-refractivity contribution in [1.82, 2.24) is 24.1 Å². The maximum Gasteiger partial charge on any atom is 0.352 e. The Bertz CT molecular complexity index is 1340. The first-order chi connectivity index (χ1) is 14.6. The van der Waals surface area contributed by atoms with Gasteiger partial charge in [-0.05, 0) is 29.9 Å². The molecule has 1 aliphatic carbocycles. The van der Waals surface area contributed by atoms with Crippen LogP contribution in [0.15, 0.2) is 51.4 Å². The molecule has 0 aliphatic heterocycles. The number of hydrogen-bond donors (Lipinski definition) is 1. The van der Waals surface area contributed by atoms with E-state index in [1.807, 2.05) is 30.3 Å². The topological polar surface area (TPSA) is 90.4 Å². The van der Waals surface area contributed by atoms with E-state index in [0.717, 1.165) is 35.9 Å². The van der Waals surface area contributed by atoms with Crippen LogP contribution in [0.25, 0.3) is 16.0 Å². The van der Waals surface area contributed by atoms with Crippen LogP contribution in [-0.4, -0.2) is 30.7 Å². The van der Waals surface area contributed by atoms with E-state index in [1.54, 1.807) is 11.4 Å². The van der Waals surface area contributed by atoms with Crippen LogP contribution in [0.1, 0.15) is 31.2 Å². The Morgan fingerprint density at radius 1 is 1.13 bits per heavy atom. The van der Waals surface area contributed by atoms with Gasteiger partial charge < -0.3 is 5.32 Å². The molecule has 3 heterocycles. The smallest absolute Gasteiger partial charge is 0.352 e. The third kappa shape index (κ3) is 3.24. The number of carbonyl (C=O) groups is 1. The van der Waals surface area contributed by atoms with Gasteiger partial charge in [0.05, 0.1) is 12.1 Å². The van der Waals surface area contributed by atoms with Gasteiger partial charge in [0.25, 0.3) is 5.56 Å². The summed E-state index contributed by atoms with van der Waals surface area (Å²) in [6.07, 6.45) is 4.16. The van der Waals surface area contributed by atoms with Crippen LogP contribution >= 0.6 is 11.3 Å². The molecule has 0 saturated heterocycles. The highest BCUT2D eigenvalue weighted by Crippen LogP contribution is 2.19. The Hall–Kier alpha value is -3.20. The van der Waals surface area contributed by atoms with Gasteiger partial charge in [0.2, 0.25) is 11.7 Å². The van der Waals surface area contributed by atoms with Crippen molar-refractivity contribution in [2.24, 2.45) is 0 Å². The van der Waals surface area contributed by atoms with Crippen molar-refractivity contribution in [3.8, 4) is 0 Å². The second-order valence-electron chi connectivity index (χ2n) is 7.64. The molecule has 1 amide bonds. The van der Waals surface area contributed by atoms with Crippen LogP contribution in [0.5, 0.6) is 0 Å². The van der Waals surface area contributed by atoms with Gasteiger partial charge in [0.15, 0.2) is 0 Å². The molecule has 154 valence electrons. The third-order valence-corrected chi connectivity index (χ3v) is 6.48. The second kappa shape index (κ2) is 7.56. The number of hydrogen-bond acceptors (Lipinski definition) is 5. The van der Waals surface area contributed by atoms with Crippen molar-refractivity contribution >= 4 is 33.2 Å². The lowest BCUT2D eigenvalue weighted by atomic mass is 10.2. The maximum absolute atomic E-state index is 13.1. The van der Waals surface area contributed by atoms with E-state index in [2.05, 4.69) is 10.4 Å². The monoisotopic (exact) mass is 423 g/mol. The van der Waals surface area contributed by atoms with Crippen LogP contribution in [0.4, 0.5) is 0 Å². The predicted molar refractivity (Wildman–Crippen MR) is 115 cm³/mol. The van der Waals surface area contributed by atoms with E-state index >= 15 is 0 Å². The van der Waals surface area contributed by atoms with Crippen LogP contribution in [0.2, 0.25) is 0 Å². The standard InChI is InChI=1S/C21H21N5O3S/c27-17(22-15-8-4-5-9-15)13-25-21(29)26-16-10-11-30-18(16)19(28)24(20(26)23-25)12-14-6-2-1-3-7-14/h1-3,6-7,10-11,15H,4-5,8-9,12-13H2,(H,22,27). The Kier molecular flexibility index (Phi) is 4.74. The molecule has 1 aromatic carbocycles. The Labute approximate surface area is 175 Å². The molecule has 30 heavy (non-hydrogen) atoms. The molecule has 9 heteroatoms. The fourth-order valence-corrected chi connectivity index (χ4v) is 4.95. The first kappa shape index (κ1) is 18.8. The quantitative estimate of drug-likeness (QED) is 0.531. The molecule has 0 spiro atoms. The summed E-state index contributed by atoms with van der Waals surface area (Å²) in [5, 5.41) is 9.16. The minimum Gasteiger partial charge on any atom is -0.352 e. The molecule has 0 radical (unpaired) electrons. The van der Waals surface area contributed by atoms with Gasteiger partial charge in [-0.15, -0.1) is 16.4 Å². The Balaban J connectivity index is 1.60. The van der Waals surface area contributed by atoms with Crippen molar-refractivity contribution in [1.29, 1.82) is 0 Å². The summed E-state index contributed by atoms with van der Waals surface area (Å²) >= 11 is 1.30. The largest absolute Gasteiger partial charge is 0.352 e. The number of thiophene rings is 1. The highest BCUT2D eigenvalue weighted by Gasteiger charge is 2.21. The molecule has 1 aliphatic rings. The van der Waals surface area contributed by atoms with Crippen LogP contribution in [0, 0.1) is 0 Å². The van der Waals surface area contributed by atoms with Gasteiger partial charge in [-0.2, -0.15) is 0 Å². The number of rotatable bonds is 5. The molecule has 5 rings (SSSR count). The molecule has 0 atom stereocenters. The summed E-state index contributed by atoms with van der Waals surface area (Å²) in [4.78, 5) is 38.7. The first-order valence-electron chi connectivity index (χ1n) is 10.0. The molecular formula is C21H21N5O3S. The van der Waals surface area contributed by atoms with Gasteiger partial charge in [0.1, 0.15) is 11.2 Å². The summed E-state index contributed by atoms with van der Waals surface area (Å²) in [7, 11) is 0. The molecule has 1 fully saturated rings. The zero-order valence-electron chi connectivity index (χ0n) is 16.3. The van der Waals surface area contributed by atoms with E-state index < -0.39 is 5.69 Å². The average molecular weight is 423 g/mol. The summed E-state index contributed by atoms with van der Waals surface area (Å²) < 4.78 is 4.58. The predicted octanol–water partition coefficient (Wildman–Crippen LogP) is 1.98. The fraction of sp³-hybridized carbons (Fsp3) is 0.333. The number of nitrogens with one attached hydrogen (secondary N) is 1. The van der Waals surface area contributed by atoms with Crippen molar-refractivity contribution in [2.45, 2.75) is 44.8 Å². The molecule has 1 N–H and O–H groups in total. The van der Waals surface area contributed by atoms with E-state index in [9.17, 15) is 14.4 Å². The van der Waals surface area contributed by atoms with Gasteiger partial charge in [-0.3, -0.25) is 14.2 Å². The SMILES string of the molecule is O=C(Cn1nc2n(Cc3ccccc3)c(=O)c3sccc3n2c1=O)NC1CCCC1. The molecule has 3 aromatic heterocycles.